The maximum absolute atomic E-state index is 14.9. The highest BCUT2D eigenvalue weighted by molar-refractivity contribution is 5.79. The van der Waals surface area contributed by atoms with Gasteiger partial charge in [-0.2, -0.15) is 0 Å². The largest absolute Gasteiger partial charge is 0.432 e. The molecule has 41 unspecified atom stereocenters. The minimum atomic E-state index is -2.20. The zero-order valence-electron chi connectivity index (χ0n) is 59.5. The van der Waals surface area contributed by atoms with Gasteiger partial charge in [0.15, 0.2) is 37.7 Å². The molecule has 4 saturated carbocycles. The van der Waals surface area contributed by atoms with Gasteiger partial charge >= 0.3 is 5.97 Å². The Morgan fingerprint density at radius 3 is 1.54 bits per heavy atom. The number of aliphatic hydroxyl groups is 19. The molecule has 34 nitrogen and oxygen atoms in total. The Morgan fingerprint density at radius 1 is 0.447 bits per heavy atom. The van der Waals surface area contributed by atoms with E-state index < -0.39 is 275 Å². The van der Waals surface area contributed by atoms with Crippen LogP contribution in [0.5, 0.6) is 0 Å². The van der Waals surface area contributed by atoms with Crippen molar-refractivity contribution < 1.29 is 168 Å². The SMILES string of the molecule is CC1OC(OC(=O)C23CCC(C)(C)CC2C2=CCC4C5(C)CC(O)C(OC6OC(CO)C(OC7OCC(O)C(O)C7O)C(O)C6OC6OCC(OC7OCC(O)C(O)C7O)C(OC7OC(CO)C(OC8OC(C)C(O)C(O)C8O)C(O)C7O)C6O)C(C)(C)C5CCC4(C)C2(C)CC3)C(O)C(O)C1O. The monoisotopic (exact) mass is 1480 g/mol. The summed E-state index contributed by atoms with van der Waals surface area (Å²) in [6.45, 7) is 14.3. The van der Waals surface area contributed by atoms with Gasteiger partial charge in [0.1, 0.15) is 140 Å². The van der Waals surface area contributed by atoms with E-state index in [9.17, 15) is 102 Å². The molecule has 11 fully saturated rings. The number of carbonyl (C=O) groups excluding carboxylic acids is 1. The Bertz CT molecular complexity index is 2930. The smallest absolute Gasteiger partial charge is 0.315 e. The lowest BCUT2D eigenvalue weighted by Crippen LogP contribution is -2.69. The van der Waals surface area contributed by atoms with Crippen LogP contribution in [-0.4, -0.2) is 345 Å². The van der Waals surface area contributed by atoms with Crippen molar-refractivity contribution in [2.24, 2.45) is 50.2 Å². The van der Waals surface area contributed by atoms with Gasteiger partial charge in [-0.05, 0) is 116 Å². The number of ether oxygens (including phenoxy) is 14. The van der Waals surface area contributed by atoms with Crippen LogP contribution in [0.25, 0.3) is 0 Å². The summed E-state index contributed by atoms with van der Waals surface area (Å²) >= 11 is 0. The Labute approximate surface area is 596 Å². The zero-order chi connectivity index (χ0) is 75.0. The standard InChI is InChI=1S/C69H112O34/c1-25-37(75)41(79)46(84)59(93-25)99-51-32(20-70)95-61(48(86)43(51)81)100-53-34(97-56-44(82)39(77)30(73)22-90-56)24-92-58(50(53)88)101-54-49(87)52(98-57-45(83)40(78)31(74)23-91-57)33(21-71)96-62(54)102-55-29(72)19-66(7)35(65(55,5)6)12-13-68(9)36(66)11-10-27-28-18-64(3,4)14-16-69(28,17-15-67(27,68)8)63(89)103-60-47(85)42(80)38(76)26(2)94-60/h10,25-26,28-62,70-88H,11-24H2,1-9H3. The second kappa shape index (κ2) is 30.2. The molecule has 0 amide bonds. The lowest BCUT2D eigenvalue weighted by Gasteiger charge is -2.71. The number of rotatable bonds is 16. The Morgan fingerprint density at radius 2 is 0.932 bits per heavy atom. The van der Waals surface area contributed by atoms with Gasteiger partial charge in [0.2, 0.25) is 6.29 Å². The van der Waals surface area contributed by atoms with Gasteiger partial charge < -0.3 is 163 Å². The van der Waals surface area contributed by atoms with Crippen LogP contribution in [0.3, 0.4) is 0 Å². The van der Waals surface area contributed by atoms with E-state index in [2.05, 4.69) is 40.7 Å². The van der Waals surface area contributed by atoms with Gasteiger partial charge in [0.05, 0.1) is 62.9 Å². The van der Waals surface area contributed by atoms with E-state index in [1.807, 2.05) is 13.8 Å². The fourth-order valence-corrected chi connectivity index (χ4v) is 20.2. The van der Waals surface area contributed by atoms with E-state index in [0.717, 1.165) is 6.42 Å². The lowest BCUT2D eigenvalue weighted by molar-refractivity contribution is -0.404. The number of hydrogen-bond acceptors (Lipinski definition) is 34. The van der Waals surface area contributed by atoms with Crippen molar-refractivity contribution in [3.63, 3.8) is 0 Å². The average Bonchev–Trinajstić information content (AvgIpc) is 0.673. The molecule has 7 heterocycles. The summed E-state index contributed by atoms with van der Waals surface area (Å²) in [7, 11) is 0. The maximum Gasteiger partial charge on any atom is 0.315 e. The third-order valence-corrected chi connectivity index (χ3v) is 26.5. The van der Waals surface area contributed by atoms with Crippen molar-refractivity contribution in [2.75, 3.05) is 33.0 Å². The molecule has 12 rings (SSSR count). The van der Waals surface area contributed by atoms with E-state index in [1.54, 1.807) is 0 Å². The molecule has 0 spiro atoms. The molecule has 7 aliphatic heterocycles. The first-order chi connectivity index (χ1) is 48.3. The topological polar surface area (TPSA) is 531 Å². The van der Waals surface area contributed by atoms with E-state index >= 15 is 0 Å². The van der Waals surface area contributed by atoms with Gasteiger partial charge in [-0.1, -0.05) is 60.1 Å². The zero-order valence-corrected chi connectivity index (χ0v) is 59.5. The van der Waals surface area contributed by atoms with Crippen molar-refractivity contribution in [3.8, 4) is 0 Å². The molecule has 0 aromatic rings. The molecule has 5 aliphatic carbocycles. The Balaban J connectivity index is 0.824. The minimum absolute atomic E-state index is 0.0544. The molecule has 0 bridgehead atoms. The minimum Gasteiger partial charge on any atom is -0.432 e. The highest BCUT2D eigenvalue weighted by atomic mass is 16.8. The Hall–Kier alpha value is -2.07. The average molecular weight is 1490 g/mol. The molecule has 12 aliphatic rings. The molecule has 103 heavy (non-hydrogen) atoms. The highest BCUT2D eigenvalue weighted by Gasteiger charge is 2.72. The predicted molar refractivity (Wildman–Crippen MR) is 341 cm³/mol. The summed E-state index contributed by atoms with van der Waals surface area (Å²) in [6, 6.07) is 0. The van der Waals surface area contributed by atoms with Crippen LogP contribution in [0, 0.1) is 50.2 Å². The molecule has 41 atom stereocenters. The number of carbonyl (C=O) groups is 1. The summed E-state index contributed by atoms with van der Waals surface area (Å²) in [5.41, 5.74) is -2.44. The maximum atomic E-state index is 14.9. The van der Waals surface area contributed by atoms with Gasteiger partial charge in [-0.15, -0.1) is 0 Å². The normalized spacial score (nSPS) is 55.1. The third kappa shape index (κ3) is 14.1. The second-order valence-corrected chi connectivity index (χ2v) is 33.5. The summed E-state index contributed by atoms with van der Waals surface area (Å²) in [4.78, 5) is 14.9. The van der Waals surface area contributed by atoms with Crippen LogP contribution in [0.4, 0.5) is 0 Å². The number of fused-ring (bicyclic) bond motifs is 7. The molecule has 0 aromatic heterocycles. The number of esters is 1. The van der Waals surface area contributed by atoms with Crippen molar-refractivity contribution >= 4 is 5.97 Å². The second-order valence-electron chi connectivity index (χ2n) is 33.5. The molecule has 0 radical (unpaired) electrons. The van der Waals surface area contributed by atoms with Crippen molar-refractivity contribution in [1.29, 1.82) is 0 Å². The number of hydrogen-bond donors (Lipinski definition) is 19. The van der Waals surface area contributed by atoms with Crippen LogP contribution in [0.1, 0.15) is 120 Å². The summed E-state index contributed by atoms with van der Waals surface area (Å²) in [6.07, 6.45) is -51.0. The van der Waals surface area contributed by atoms with Crippen LogP contribution < -0.4 is 0 Å². The Kier molecular flexibility index (Phi) is 23.6. The van der Waals surface area contributed by atoms with Gasteiger partial charge in [-0.25, -0.2) is 0 Å². The fourth-order valence-electron chi connectivity index (χ4n) is 20.2. The van der Waals surface area contributed by atoms with E-state index in [4.69, 9.17) is 66.3 Å². The first-order valence-electron chi connectivity index (χ1n) is 36.4. The summed E-state index contributed by atoms with van der Waals surface area (Å²) < 4.78 is 84.9. The molecule has 19 N–H and O–H groups in total. The summed E-state index contributed by atoms with van der Waals surface area (Å²) in [5.74, 6) is -1.03. The molecular weight excluding hydrogens is 1370 g/mol. The van der Waals surface area contributed by atoms with E-state index in [0.29, 0.717) is 44.9 Å². The molecule has 592 valence electrons. The summed E-state index contributed by atoms with van der Waals surface area (Å²) in [5, 5.41) is 211. The van der Waals surface area contributed by atoms with Crippen LogP contribution in [0.15, 0.2) is 11.6 Å². The highest BCUT2D eigenvalue weighted by Crippen LogP contribution is 2.76. The van der Waals surface area contributed by atoms with E-state index in [-0.39, 0.29) is 29.6 Å². The van der Waals surface area contributed by atoms with Crippen LogP contribution in [-0.2, 0) is 71.1 Å². The molecule has 0 aromatic carbocycles. The molecule has 7 saturated heterocycles. The van der Waals surface area contributed by atoms with Gasteiger partial charge in [-0.3, -0.25) is 4.79 Å². The van der Waals surface area contributed by atoms with Crippen LogP contribution in [0.2, 0.25) is 0 Å². The van der Waals surface area contributed by atoms with Gasteiger partial charge in [0, 0.05) is 0 Å². The van der Waals surface area contributed by atoms with Crippen LogP contribution >= 0.6 is 0 Å². The first kappa shape index (κ1) is 80.4. The molecular formula is C69H112O34. The van der Waals surface area contributed by atoms with E-state index in [1.165, 1.54) is 19.4 Å². The van der Waals surface area contributed by atoms with Crippen molar-refractivity contribution in [1.82, 2.24) is 0 Å². The number of allylic oxidation sites excluding steroid dienone is 2. The lowest BCUT2D eigenvalue weighted by atomic mass is 9.33. The van der Waals surface area contributed by atoms with Gasteiger partial charge in [0.25, 0.3) is 0 Å². The fraction of sp³-hybridized carbons (Fsp3) is 0.957. The third-order valence-electron chi connectivity index (χ3n) is 26.5. The van der Waals surface area contributed by atoms with Crippen molar-refractivity contribution in [3.05, 3.63) is 11.6 Å². The predicted octanol–water partition coefficient (Wildman–Crippen LogP) is -5.62. The molecule has 34 heteroatoms. The van der Waals surface area contributed by atoms with Crippen molar-refractivity contribution in [2.45, 2.75) is 329 Å². The number of aliphatic hydroxyl groups excluding tert-OH is 19. The quantitative estimate of drug-likeness (QED) is 0.0389. The first-order valence-corrected chi connectivity index (χ1v) is 36.4.